The van der Waals surface area contributed by atoms with Gasteiger partial charge in [0.05, 0.1) is 6.07 Å². The van der Waals surface area contributed by atoms with Crippen LogP contribution in [-0.4, -0.2) is 31.7 Å². The second-order valence-corrected chi connectivity index (χ2v) is 1.78. The van der Waals surface area contributed by atoms with E-state index in [0.717, 1.165) is 0 Å². The molecule has 0 aliphatic heterocycles. The second kappa shape index (κ2) is 5.18. The molecular weight excluding hydrogens is 134 g/mol. The third-order valence-corrected chi connectivity index (χ3v) is 1.09. The number of methoxy groups -OCH3 is 2. The summed E-state index contributed by atoms with van der Waals surface area (Å²) in [5.41, 5.74) is 0. The van der Waals surface area contributed by atoms with Crippen LogP contribution in [0.25, 0.3) is 0 Å². The predicted octanol–water partition coefficient (Wildman–Crippen LogP) is -0.120. The fourth-order valence-corrected chi connectivity index (χ4v) is 0.524. The van der Waals surface area contributed by atoms with Crippen molar-refractivity contribution < 1.29 is 14.6 Å². The molecule has 0 aliphatic rings. The summed E-state index contributed by atoms with van der Waals surface area (Å²) < 4.78 is 9.48. The van der Waals surface area contributed by atoms with Crippen molar-refractivity contribution >= 4 is 0 Å². The first-order valence-corrected chi connectivity index (χ1v) is 2.87. The van der Waals surface area contributed by atoms with Gasteiger partial charge >= 0.3 is 0 Å². The molecule has 1 N–H and O–H groups in total. The van der Waals surface area contributed by atoms with Crippen LogP contribution in [0.2, 0.25) is 0 Å². The van der Waals surface area contributed by atoms with Gasteiger partial charge in [0.1, 0.15) is 6.10 Å². The molecule has 58 valence electrons. The molecule has 0 spiro atoms. The minimum absolute atomic E-state index is 0.184. The van der Waals surface area contributed by atoms with Crippen molar-refractivity contribution in [2.24, 2.45) is 0 Å². The van der Waals surface area contributed by atoms with Crippen molar-refractivity contribution in [1.82, 2.24) is 0 Å². The number of aliphatic hydroxyl groups is 1. The molecule has 0 aromatic carbocycles. The summed E-state index contributed by atoms with van der Waals surface area (Å²) in [6.45, 7) is 0. The number of hydrogen-bond donors (Lipinski definition) is 1. The Balaban J connectivity index is 3.54. The maximum atomic E-state index is 8.77. The Hall–Kier alpha value is -0.630. The summed E-state index contributed by atoms with van der Waals surface area (Å²) in [5.74, 6) is 0. The highest BCUT2D eigenvalue weighted by Crippen LogP contribution is 2.00. The minimum atomic E-state index is -1.01. The predicted molar refractivity (Wildman–Crippen MR) is 34.0 cm³/mol. The van der Waals surface area contributed by atoms with Crippen LogP contribution in [0.5, 0.6) is 0 Å². The van der Waals surface area contributed by atoms with Gasteiger partial charge in [-0.15, -0.1) is 0 Å². The monoisotopic (exact) mass is 145 g/mol. The van der Waals surface area contributed by atoms with Crippen LogP contribution in [0.15, 0.2) is 0 Å². The Morgan fingerprint density at radius 1 is 1.50 bits per heavy atom. The number of nitriles is 1. The number of aliphatic hydroxyl groups excluding tert-OH is 1. The molecule has 4 heteroatoms. The lowest BCUT2D eigenvalue weighted by molar-refractivity contribution is -0.117. The van der Waals surface area contributed by atoms with E-state index in [9.17, 15) is 0 Å². The number of hydrogen-bond acceptors (Lipinski definition) is 4. The molecule has 0 fully saturated rings. The molecule has 1 atom stereocenters. The molecule has 0 saturated heterocycles. The summed E-state index contributed by atoms with van der Waals surface area (Å²) in [4.78, 5) is 0. The van der Waals surface area contributed by atoms with E-state index in [-0.39, 0.29) is 6.42 Å². The molecule has 0 rings (SSSR count). The Labute approximate surface area is 60.0 Å². The molecular formula is C6H11NO3. The molecule has 10 heavy (non-hydrogen) atoms. The van der Waals surface area contributed by atoms with Crippen LogP contribution in [0.3, 0.4) is 0 Å². The van der Waals surface area contributed by atoms with Crippen molar-refractivity contribution in [3.05, 3.63) is 0 Å². The Bertz CT molecular complexity index is 117. The van der Waals surface area contributed by atoms with Crippen molar-refractivity contribution in [2.75, 3.05) is 14.2 Å². The van der Waals surface area contributed by atoms with E-state index in [1.54, 1.807) is 6.07 Å². The van der Waals surface area contributed by atoms with Gasteiger partial charge in [-0.1, -0.05) is 0 Å². The SMILES string of the molecule is COC(CC(O)C#N)OC. The first-order valence-electron chi connectivity index (χ1n) is 2.87. The molecule has 1 unspecified atom stereocenters. The van der Waals surface area contributed by atoms with E-state index in [1.807, 2.05) is 0 Å². The lowest BCUT2D eigenvalue weighted by Gasteiger charge is -2.12. The first-order chi connectivity index (χ1) is 4.74. The average Bonchev–Trinajstić information content (AvgIpc) is 1.99. The lowest BCUT2D eigenvalue weighted by atomic mass is 10.3. The Morgan fingerprint density at radius 2 is 2.00 bits per heavy atom. The van der Waals surface area contributed by atoms with Gasteiger partial charge in [0.2, 0.25) is 0 Å². The fraction of sp³-hybridized carbons (Fsp3) is 0.833. The van der Waals surface area contributed by atoms with Crippen molar-refractivity contribution in [1.29, 1.82) is 5.26 Å². The largest absolute Gasteiger partial charge is 0.378 e. The van der Waals surface area contributed by atoms with Crippen LogP contribution in [-0.2, 0) is 9.47 Å². The van der Waals surface area contributed by atoms with Gasteiger partial charge in [0, 0.05) is 20.6 Å². The van der Waals surface area contributed by atoms with Crippen molar-refractivity contribution in [3.8, 4) is 6.07 Å². The van der Waals surface area contributed by atoms with E-state index in [4.69, 9.17) is 19.8 Å². The Kier molecular flexibility index (Phi) is 4.85. The number of ether oxygens (including phenoxy) is 2. The average molecular weight is 145 g/mol. The van der Waals surface area contributed by atoms with Crippen molar-refractivity contribution in [2.45, 2.75) is 18.8 Å². The van der Waals surface area contributed by atoms with Crippen LogP contribution in [0, 0.1) is 11.3 Å². The second-order valence-electron chi connectivity index (χ2n) is 1.78. The zero-order chi connectivity index (χ0) is 7.98. The topological polar surface area (TPSA) is 62.5 Å². The summed E-state index contributed by atoms with van der Waals surface area (Å²) in [6.07, 6.45) is -1.32. The van der Waals surface area contributed by atoms with E-state index in [1.165, 1.54) is 14.2 Å². The Morgan fingerprint density at radius 3 is 2.30 bits per heavy atom. The summed E-state index contributed by atoms with van der Waals surface area (Å²) in [7, 11) is 2.91. The molecule has 4 nitrogen and oxygen atoms in total. The molecule has 0 aliphatic carbocycles. The van der Waals surface area contributed by atoms with Gasteiger partial charge in [-0.05, 0) is 0 Å². The van der Waals surface area contributed by atoms with E-state index < -0.39 is 12.4 Å². The van der Waals surface area contributed by atoms with Crippen molar-refractivity contribution in [3.63, 3.8) is 0 Å². The van der Waals surface area contributed by atoms with Crippen LogP contribution in [0.4, 0.5) is 0 Å². The molecule has 0 saturated carbocycles. The molecule has 0 amide bonds. The number of rotatable bonds is 4. The summed E-state index contributed by atoms with van der Waals surface area (Å²) in [5, 5.41) is 16.9. The van der Waals surface area contributed by atoms with Gasteiger partial charge in [0.15, 0.2) is 6.29 Å². The quantitative estimate of drug-likeness (QED) is 0.442. The lowest BCUT2D eigenvalue weighted by Crippen LogP contribution is -2.19. The van der Waals surface area contributed by atoms with E-state index in [0.29, 0.717) is 0 Å². The van der Waals surface area contributed by atoms with Crippen LogP contribution in [0.1, 0.15) is 6.42 Å². The normalized spacial score (nSPS) is 13.1. The van der Waals surface area contributed by atoms with Gasteiger partial charge in [-0.3, -0.25) is 0 Å². The molecule has 0 aromatic rings. The van der Waals surface area contributed by atoms with Gasteiger partial charge in [0.25, 0.3) is 0 Å². The zero-order valence-electron chi connectivity index (χ0n) is 6.07. The maximum absolute atomic E-state index is 8.77. The van der Waals surface area contributed by atoms with E-state index >= 15 is 0 Å². The van der Waals surface area contributed by atoms with E-state index in [2.05, 4.69) is 0 Å². The zero-order valence-corrected chi connectivity index (χ0v) is 6.07. The minimum Gasteiger partial charge on any atom is -0.378 e. The molecule has 0 bridgehead atoms. The molecule has 0 radical (unpaired) electrons. The molecule has 0 heterocycles. The highest BCUT2D eigenvalue weighted by Gasteiger charge is 2.11. The van der Waals surface area contributed by atoms with Gasteiger partial charge in [-0.25, -0.2) is 0 Å². The highest BCUT2D eigenvalue weighted by molar-refractivity contribution is 4.82. The highest BCUT2D eigenvalue weighted by atomic mass is 16.7. The third kappa shape index (κ3) is 3.41. The smallest absolute Gasteiger partial charge is 0.160 e. The summed E-state index contributed by atoms with van der Waals surface area (Å²) in [6, 6.07) is 1.66. The third-order valence-electron chi connectivity index (χ3n) is 1.09. The standard InChI is InChI=1S/C6H11NO3/c1-9-6(10-2)3-5(8)4-7/h5-6,8H,3H2,1-2H3. The van der Waals surface area contributed by atoms with Crippen LogP contribution >= 0.6 is 0 Å². The number of nitrogens with zero attached hydrogens (tertiary/aromatic N) is 1. The van der Waals surface area contributed by atoms with Gasteiger partial charge < -0.3 is 14.6 Å². The van der Waals surface area contributed by atoms with Crippen LogP contribution < -0.4 is 0 Å². The molecule has 0 aromatic heterocycles. The summed E-state index contributed by atoms with van der Waals surface area (Å²) >= 11 is 0. The fourth-order valence-electron chi connectivity index (χ4n) is 0.524. The first kappa shape index (κ1) is 9.37. The van der Waals surface area contributed by atoms with Gasteiger partial charge in [-0.2, -0.15) is 5.26 Å². The maximum Gasteiger partial charge on any atom is 0.160 e.